The van der Waals surface area contributed by atoms with Gasteiger partial charge in [0.2, 0.25) is 0 Å². The molecule has 1 heteroatoms. The van der Waals surface area contributed by atoms with Crippen molar-refractivity contribution in [3.63, 3.8) is 0 Å². The Balaban J connectivity index is 2.38. The Bertz CT molecular complexity index is 474. The van der Waals surface area contributed by atoms with Crippen molar-refractivity contribution in [1.29, 1.82) is 0 Å². The molecule has 0 amide bonds. The molecule has 0 radical (unpaired) electrons. The molecule has 0 aromatic heterocycles. The Morgan fingerprint density at radius 2 is 1.62 bits per heavy atom. The lowest BCUT2D eigenvalue weighted by Crippen LogP contribution is -1.96. The summed E-state index contributed by atoms with van der Waals surface area (Å²) in [5.41, 5.74) is 5.15. The van der Waals surface area contributed by atoms with E-state index in [-0.39, 0.29) is 5.25 Å². The molecule has 0 fully saturated rings. The minimum atomic E-state index is 0.168. The van der Waals surface area contributed by atoms with Crippen LogP contribution in [-0.2, 0) is 0 Å². The van der Waals surface area contributed by atoms with E-state index in [1.165, 1.54) is 22.3 Å². The van der Waals surface area contributed by atoms with Crippen molar-refractivity contribution in [2.24, 2.45) is 0 Å². The number of hydrogen-bond donors (Lipinski definition) is 1. The molecule has 0 spiro atoms. The summed E-state index contributed by atoms with van der Waals surface area (Å²) in [7, 11) is 0. The van der Waals surface area contributed by atoms with E-state index in [0.717, 1.165) is 0 Å². The third-order valence-electron chi connectivity index (χ3n) is 2.84. The van der Waals surface area contributed by atoms with Crippen LogP contribution < -0.4 is 0 Å². The predicted molar refractivity (Wildman–Crippen MR) is 73.2 cm³/mol. The highest BCUT2D eigenvalue weighted by Crippen LogP contribution is 2.30. The van der Waals surface area contributed by atoms with Crippen molar-refractivity contribution < 1.29 is 0 Å². The van der Waals surface area contributed by atoms with E-state index in [4.69, 9.17) is 12.6 Å². The monoisotopic (exact) mass is 228 g/mol. The average molecular weight is 228 g/mol. The Labute approximate surface area is 103 Å². The molecule has 0 heterocycles. The van der Waals surface area contributed by atoms with E-state index in [1.54, 1.807) is 0 Å². The number of benzene rings is 2. The highest BCUT2D eigenvalue weighted by molar-refractivity contribution is 7.80. The Morgan fingerprint density at radius 1 is 0.938 bits per heavy atom. The van der Waals surface area contributed by atoms with Gasteiger partial charge in [-0.15, -0.1) is 0 Å². The van der Waals surface area contributed by atoms with Crippen molar-refractivity contribution in [3.05, 3.63) is 70.8 Å². The van der Waals surface area contributed by atoms with Crippen LogP contribution in [0.1, 0.15) is 27.5 Å². The summed E-state index contributed by atoms with van der Waals surface area (Å²) in [6.07, 6.45) is 0. The molecule has 0 saturated heterocycles. The van der Waals surface area contributed by atoms with Crippen LogP contribution in [0.15, 0.2) is 48.5 Å². The Kier molecular flexibility index (Phi) is 3.35. The molecule has 0 nitrogen and oxygen atoms in total. The van der Waals surface area contributed by atoms with Gasteiger partial charge >= 0.3 is 0 Å². The first-order valence-corrected chi connectivity index (χ1v) is 6.00. The maximum atomic E-state index is 4.71. The summed E-state index contributed by atoms with van der Waals surface area (Å²) >= 11 is 4.71. The SMILES string of the molecule is Cc1ccc(C(S)c2ccccc2)c(C)c1. The van der Waals surface area contributed by atoms with E-state index < -0.39 is 0 Å². The van der Waals surface area contributed by atoms with Gasteiger partial charge in [-0.05, 0) is 30.5 Å². The zero-order chi connectivity index (χ0) is 11.5. The number of rotatable bonds is 2. The van der Waals surface area contributed by atoms with E-state index >= 15 is 0 Å². The second-order valence-electron chi connectivity index (χ2n) is 4.17. The molecule has 2 aromatic carbocycles. The fourth-order valence-corrected chi connectivity index (χ4v) is 2.41. The first-order valence-electron chi connectivity index (χ1n) is 5.48. The van der Waals surface area contributed by atoms with Gasteiger partial charge in [-0.2, -0.15) is 12.6 Å². The number of hydrogen-bond acceptors (Lipinski definition) is 1. The molecule has 0 aliphatic rings. The molecule has 0 N–H and O–H groups in total. The van der Waals surface area contributed by atoms with Gasteiger partial charge in [0.05, 0.1) is 5.25 Å². The van der Waals surface area contributed by atoms with Gasteiger partial charge in [0.15, 0.2) is 0 Å². The second-order valence-corrected chi connectivity index (χ2v) is 4.69. The van der Waals surface area contributed by atoms with Crippen LogP contribution in [0.5, 0.6) is 0 Å². The third kappa shape index (κ3) is 2.30. The fraction of sp³-hybridized carbons (Fsp3) is 0.200. The van der Waals surface area contributed by atoms with Crippen LogP contribution in [-0.4, -0.2) is 0 Å². The molecule has 82 valence electrons. The first kappa shape index (κ1) is 11.3. The van der Waals surface area contributed by atoms with Gasteiger partial charge in [-0.1, -0.05) is 54.1 Å². The summed E-state index contributed by atoms with van der Waals surface area (Å²) in [5.74, 6) is 0. The van der Waals surface area contributed by atoms with Gasteiger partial charge in [-0.3, -0.25) is 0 Å². The summed E-state index contributed by atoms with van der Waals surface area (Å²) in [5, 5.41) is 0.168. The van der Waals surface area contributed by atoms with Gasteiger partial charge in [0.1, 0.15) is 0 Å². The quantitative estimate of drug-likeness (QED) is 0.727. The molecule has 1 atom stereocenters. The molecular formula is C15H16S. The summed E-state index contributed by atoms with van der Waals surface area (Å²) in [6.45, 7) is 4.27. The maximum absolute atomic E-state index is 4.71. The smallest absolute Gasteiger partial charge is 0.0519 e. The van der Waals surface area contributed by atoms with Gasteiger partial charge < -0.3 is 0 Å². The minimum Gasteiger partial charge on any atom is -0.166 e. The van der Waals surface area contributed by atoms with Gasteiger partial charge in [-0.25, -0.2) is 0 Å². The minimum absolute atomic E-state index is 0.168. The van der Waals surface area contributed by atoms with E-state index in [2.05, 4.69) is 56.3 Å². The zero-order valence-corrected chi connectivity index (χ0v) is 10.5. The van der Waals surface area contributed by atoms with Crippen molar-refractivity contribution in [2.75, 3.05) is 0 Å². The molecule has 1 unspecified atom stereocenters. The van der Waals surface area contributed by atoms with E-state index in [0.29, 0.717) is 0 Å². The largest absolute Gasteiger partial charge is 0.166 e. The number of thiol groups is 1. The summed E-state index contributed by atoms with van der Waals surface area (Å²) in [4.78, 5) is 0. The molecule has 2 aromatic rings. The van der Waals surface area contributed by atoms with Crippen LogP contribution in [0.3, 0.4) is 0 Å². The molecule has 0 saturated carbocycles. The number of aryl methyl sites for hydroxylation is 2. The molecule has 0 aliphatic heterocycles. The molecule has 16 heavy (non-hydrogen) atoms. The van der Waals surface area contributed by atoms with E-state index in [1.807, 2.05) is 6.07 Å². The van der Waals surface area contributed by atoms with Crippen LogP contribution >= 0.6 is 12.6 Å². The third-order valence-corrected chi connectivity index (χ3v) is 3.41. The van der Waals surface area contributed by atoms with Gasteiger partial charge in [0, 0.05) is 0 Å². The van der Waals surface area contributed by atoms with Crippen LogP contribution in [0, 0.1) is 13.8 Å². The highest BCUT2D eigenvalue weighted by Gasteiger charge is 2.10. The lowest BCUT2D eigenvalue weighted by Gasteiger charge is -2.14. The predicted octanol–water partition coefficient (Wildman–Crippen LogP) is 4.32. The first-order chi connectivity index (χ1) is 7.68. The van der Waals surface area contributed by atoms with Crippen LogP contribution in [0.2, 0.25) is 0 Å². The molecule has 0 bridgehead atoms. The van der Waals surface area contributed by atoms with E-state index in [9.17, 15) is 0 Å². The summed E-state index contributed by atoms with van der Waals surface area (Å²) in [6, 6.07) is 16.9. The standard InChI is InChI=1S/C15H16S/c1-11-8-9-14(12(2)10-11)15(16)13-6-4-3-5-7-13/h3-10,15-16H,1-2H3. The molecule has 0 aliphatic carbocycles. The highest BCUT2D eigenvalue weighted by atomic mass is 32.1. The lowest BCUT2D eigenvalue weighted by atomic mass is 9.98. The normalized spacial score (nSPS) is 12.4. The van der Waals surface area contributed by atoms with Crippen molar-refractivity contribution >= 4 is 12.6 Å². The second kappa shape index (κ2) is 4.75. The lowest BCUT2D eigenvalue weighted by molar-refractivity contribution is 1.13. The molecular weight excluding hydrogens is 212 g/mol. The summed E-state index contributed by atoms with van der Waals surface area (Å²) < 4.78 is 0. The maximum Gasteiger partial charge on any atom is 0.0519 e. The fourth-order valence-electron chi connectivity index (χ4n) is 1.95. The average Bonchev–Trinajstić information content (AvgIpc) is 2.29. The van der Waals surface area contributed by atoms with Crippen molar-refractivity contribution in [2.45, 2.75) is 19.1 Å². The van der Waals surface area contributed by atoms with Crippen LogP contribution in [0.4, 0.5) is 0 Å². The zero-order valence-electron chi connectivity index (χ0n) is 9.64. The van der Waals surface area contributed by atoms with Crippen LogP contribution in [0.25, 0.3) is 0 Å². The topological polar surface area (TPSA) is 0 Å². The van der Waals surface area contributed by atoms with Gasteiger partial charge in [0.25, 0.3) is 0 Å². The van der Waals surface area contributed by atoms with Crippen molar-refractivity contribution in [3.8, 4) is 0 Å². The van der Waals surface area contributed by atoms with Crippen molar-refractivity contribution in [1.82, 2.24) is 0 Å². The Morgan fingerprint density at radius 3 is 2.25 bits per heavy atom. The molecule has 2 rings (SSSR count). The Hall–Kier alpha value is -1.21.